The van der Waals surface area contributed by atoms with Gasteiger partial charge in [-0.3, -0.25) is 24.6 Å². The molecule has 9 nitrogen and oxygen atoms in total. The Morgan fingerprint density at radius 2 is 1.90 bits per heavy atom. The third-order valence-electron chi connectivity index (χ3n) is 5.97. The summed E-state index contributed by atoms with van der Waals surface area (Å²) in [5, 5.41) is 13.7. The van der Waals surface area contributed by atoms with E-state index in [1.54, 1.807) is 12.1 Å². The van der Waals surface area contributed by atoms with Gasteiger partial charge in [0, 0.05) is 52.7 Å². The molecule has 0 atom stereocenters. The van der Waals surface area contributed by atoms with Crippen molar-refractivity contribution >= 4 is 84.9 Å². The fourth-order valence-corrected chi connectivity index (χ4v) is 5.71. The maximum absolute atomic E-state index is 13.3. The highest BCUT2D eigenvalue weighted by atomic mass is 79.9. The zero-order chi connectivity index (χ0) is 28.8. The van der Waals surface area contributed by atoms with Crippen molar-refractivity contribution in [2.75, 3.05) is 34.8 Å². The minimum Gasteiger partial charge on any atom is -0.483 e. The van der Waals surface area contributed by atoms with E-state index in [9.17, 15) is 19.7 Å². The summed E-state index contributed by atoms with van der Waals surface area (Å²) >= 11 is 10.1. The third kappa shape index (κ3) is 6.87. The number of thiocarbonyl (C=S) groups is 1. The quantitative estimate of drug-likeness (QED) is 0.114. The molecule has 12 heteroatoms. The molecule has 0 aliphatic carbocycles. The Bertz CT molecular complexity index is 1510. The highest BCUT2D eigenvalue weighted by molar-refractivity contribution is 9.10. The number of rotatable bonds is 10. The number of halogens is 1. The number of hydrogen-bond donors (Lipinski definition) is 1. The smallest absolute Gasteiger partial charge is 0.271 e. The Hall–Kier alpha value is -3.74. The van der Waals surface area contributed by atoms with Crippen LogP contribution in [-0.2, 0) is 9.59 Å². The molecule has 4 rings (SSSR count). The van der Waals surface area contributed by atoms with E-state index in [-0.39, 0.29) is 23.9 Å². The fraction of sp³-hybridized carbons (Fsp3) is 0.179. The lowest BCUT2D eigenvalue weighted by atomic mass is 10.1. The van der Waals surface area contributed by atoms with Crippen LogP contribution >= 0.6 is 39.9 Å². The molecular weight excluding hydrogens is 616 g/mol. The number of anilines is 3. The van der Waals surface area contributed by atoms with Gasteiger partial charge < -0.3 is 15.0 Å². The summed E-state index contributed by atoms with van der Waals surface area (Å²) < 4.78 is 7.18. The number of ether oxygens (including phenoxy) is 1. The first-order chi connectivity index (χ1) is 19.2. The minimum atomic E-state index is -0.531. The number of carbonyl (C=O) groups excluding carboxylic acids is 2. The molecule has 206 valence electrons. The molecule has 40 heavy (non-hydrogen) atoms. The Balaban J connectivity index is 1.59. The van der Waals surface area contributed by atoms with Crippen molar-refractivity contribution in [1.82, 2.24) is 0 Å². The standard InChI is InChI=1S/C28H25BrN4O5S2/c1-3-31(4-2)21-12-11-18(13-25-27(35)32(28(39)40-25)22-9-5-7-19(29)14-22)24(16-21)38-17-26(34)30-20-8-6-10-23(15-20)33(36)37/h5-16H,3-4,17H2,1-2H3,(H,30,34)/b25-13+. The number of carbonyl (C=O) groups is 2. The van der Waals surface area contributed by atoms with E-state index in [1.807, 2.05) is 56.3 Å². The number of nitrogens with one attached hydrogen (secondary N) is 1. The van der Waals surface area contributed by atoms with Crippen LogP contribution in [0.5, 0.6) is 5.75 Å². The largest absolute Gasteiger partial charge is 0.483 e. The summed E-state index contributed by atoms with van der Waals surface area (Å²) in [6.45, 7) is 5.28. The van der Waals surface area contributed by atoms with Crippen molar-refractivity contribution in [3.05, 3.63) is 91.8 Å². The second-order valence-corrected chi connectivity index (χ2v) is 11.1. The van der Waals surface area contributed by atoms with Crippen molar-refractivity contribution in [3.63, 3.8) is 0 Å². The van der Waals surface area contributed by atoms with E-state index >= 15 is 0 Å². The highest BCUT2D eigenvalue weighted by Gasteiger charge is 2.33. The normalized spacial score (nSPS) is 14.0. The maximum Gasteiger partial charge on any atom is 0.271 e. The molecule has 0 spiro atoms. The average Bonchev–Trinajstić information content (AvgIpc) is 3.21. The number of nitro groups is 1. The molecule has 1 aliphatic heterocycles. The molecule has 2 amide bonds. The summed E-state index contributed by atoms with van der Waals surface area (Å²) in [7, 11) is 0. The molecule has 0 saturated carbocycles. The van der Waals surface area contributed by atoms with Gasteiger partial charge >= 0.3 is 0 Å². The molecule has 0 bridgehead atoms. The highest BCUT2D eigenvalue weighted by Crippen LogP contribution is 2.38. The second-order valence-electron chi connectivity index (χ2n) is 8.54. The van der Waals surface area contributed by atoms with Gasteiger partial charge in [-0.25, -0.2) is 0 Å². The van der Waals surface area contributed by atoms with Gasteiger partial charge in [0.05, 0.1) is 15.5 Å². The van der Waals surface area contributed by atoms with Gasteiger partial charge in [0.25, 0.3) is 17.5 Å². The van der Waals surface area contributed by atoms with Crippen LogP contribution in [0.2, 0.25) is 0 Å². The SMILES string of the molecule is CCN(CC)c1ccc(/C=C2/SC(=S)N(c3cccc(Br)c3)C2=O)c(OCC(=O)Nc2cccc([N+](=O)[O-])c2)c1. The number of hydrogen-bond acceptors (Lipinski definition) is 8. The molecule has 0 aromatic heterocycles. The lowest BCUT2D eigenvalue weighted by Gasteiger charge is -2.22. The Kier molecular flexibility index (Phi) is 9.56. The average molecular weight is 642 g/mol. The predicted octanol–water partition coefficient (Wildman–Crippen LogP) is 6.63. The van der Waals surface area contributed by atoms with Crippen LogP contribution in [-0.4, -0.2) is 40.8 Å². The predicted molar refractivity (Wildman–Crippen MR) is 167 cm³/mol. The van der Waals surface area contributed by atoms with E-state index in [1.165, 1.54) is 34.9 Å². The number of nitrogens with zero attached hydrogens (tertiary/aromatic N) is 3. The number of nitro benzene ring substituents is 1. The monoisotopic (exact) mass is 640 g/mol. The first-order valence-electron chi connectivity index (χ1n) is 12.3. The Morgan fingerprint density at radius 3 is 2.60 bits per heavy atom. The number of thioether (sulfide) groups is 1. The molecule has 3 aromatic rings. The first-order valence-corrected chi connectivity index (χ1v) is 14.3. The molecule has 1 saturated heterocycles. The van der Waals surface area contributed by atoms with E-state index < -0.39 is 10.8 Å². The Morgan fingerprint density at radius 1 is 1.15 bits per heavy atom. The fourth-order valence-electron chi connectivity index (χ4n) is 4.04. The number of amides is 2. The van der Waals surface area contributed by atoms with Crippen LogP contribution in [0.25, 0.3) is 6.08 Å². The lowest BCUT2D eigenvalue weighted by molar-refractivity contribution is -0.384. The number of non-ortho nitro benzene ring substituents is 1. The third-order valence-corrected chi connectivity index (χ3v) is 7.77. The van der Waals surface area contributed by atoms with Gasteiger partial charge in [-0.05, 0) is 56.3 Å². The van der Waals surface area contributed by atoms with Gasteiger partial charge in [-0.2, -0.15) is 0 Å². The van der Waals surface area contributed by atoms with Crippen molar-refractivity contribution in [1.29, 1.82) is 0 Å². The summed E-state index contributed by atoms with van der Waals surface area (Å²) in [6, 6.07) is 18.6. The van der Waals surface area contributed by atoms with Crippen molar-refractivity contribution in [2.24, 2.45) is 0 Å². The summed E-state index contributed by atoms with van der Waals surface area (Å²) in [5.41, 5.74) is 2.32. The van der Waals surface area contributed by atoms with Gasteiger partial charge in [0.2, 0.25) is 0 Å². The van der Waals surface area contributed by atoms with Crippen LogP contribution in [0.1, 0.15) is 19.4 Å². The second kappa shape index (κ2) is 13.1. The van der Waals surface area contributed by atoms with Gasteiger partial charge in [-0.1, -0.05) is 52.0 Å². The van der Waals surface area contributed by atoms with Crippen LogP contribution in [0.4, 0.5) is 22.7 Å². The molecule has 1 heterocycles. The molecule has 1 N–H and O–H groups in total. The van der Waals surface area contributed by atoms with Crippen LogP contribution in [0.15, 0.2) is 76.1 Å². The molecule has 3 aromatic carbocycles. The zero-order valence-electron chi connectivity index (χ0n) is 21.6. The van der Waals surface area contributed by atoms with Gasteiger partial charge in [0.15, 0.2) is 10.9 Å². The molecule has 0 unspecified atom stereocenters. The van der Waals surface area contributed by atoms with Crippen molar-refractivity contribution in [2.45, 2.75) is 13.8 Å². The molecule has 0 radical (unpaired) electrons. The summed E-state index contributed by atoms with van der Waals surface area (Å²) in [4.78, 5) is 40.5. The molecule has 1 aliphatic rings. The first kappa shape index (κ1) is 29.2. The van der Waals surface area contributed by atoms with E-state index in [0.717, 1.165) is 23.2 Å². The van der Waals surface area contributed by atoms with E-state index in [4.69, 9.17) is 17.0 Å². The molecule has 1 fully saturated rings. The van der Waals surface area contributed by atoms with Crippen LogP contribution < -0.4 is 19.9 Å². The van der Waals surface area contributed by atoms with Crippen LogP contribution in [0.3, 0.4) is 0 Å². The topological polar surface area (TPSA) is 105 Å². The Labute approximate surface area is 249 Å². The van der Waals surface area contributed by atoms with Gasteiger partial charge in [-0.15, -0.1) is 0 Å². The molecular formula is C28H25BrN4O5S2. The summed E-state index contributed by atoms with van der Waals surface area (Å²) in [5.74, 6) is -0.331. The van der Waals surface area contributed by atoms with Crippen molar-refractivity contribution < 1.29 is 19.2 Å². The zero-order valence-corrected chi connectivity index (χ0v) is 24.8. The van der Waals surface area contributed by atoms with Crippen LogP contribution in [0, 0.1) is 10.1 Å². The maximum atomic E-state index is 13.3. The lowest BCUT2D eigenvalue weighted by Crippen LogP contribution is -2.27. The van der Waals surface area contributed by atoms with Gasteiger partial charge in [0.1, 0.15) is 5.75 Å². The van der Waals surface area contributed by atoms with E-state index in [0.29, 0.717) is 26.2 Å². The van der Waals surface area contributed by atoms with Crippen molar-refractivity contribution in [3.8, 4) is 5.75 Å². The summed E-state index contributed by atoms with van der Waals surface area (Å²) in [6.07, 6.45) is 1.71. The van der Waals surface area contributed by atoms with E-state index in [2.05, 4.69) is 26.1 Å². The minimum absolute atomic E-state index is 0.131. The number of benzene rings is 3.